The minimum atomic E-state index is -0.0939. The number of para-hydroxylation sites is 2. The quantitative estimate of drug-likeness (QED) is 0.164. The molecule has 0 aliphatic carbocycles. The van der Waals surface area contributed by atoms with Crippen LogP contribution in [0.5, 0.6) is 0 Å². The van der Waals surface area contributed by atoms with Gasteiger partial charge in [-0.05, 0) is 53.4 Å². The Hall–Kier alpha value is -4.67. The summed E-state index contributed by atoms with van der Waals surface area (Å²) < 4.78 is 8.77. The number of imidazole rings is 1. The second-order valence-corrected chi connectivity index (χ2v) is 12.3. The first-order valence-electron chi connectivity index (χ1n) is 15.9. The molecule has 1 aliphatic heterocycles. The van der Waals surface area contributed by atoms with Gasteiger partial charge < -0.3 is 9.64 Å². The van der Waals surface area contributed by atoms with E-state index in [4.69, 9.17) is 21.3 Å². The number of halogens is 1. The SMILES string of the molecule is Cc1c(Cc2ccc(Cl)cc2)c(N2CCN(CCOC(c3ccccc3)c3ccccc3)CC2)n2c(nc3ccccc32)c1C#N. The summed E-state index contributed by atoms with van der Waals surface area (Å²) in [7, 11) is 0. The Labute approximate surface area is 275 Å². The van der Waals surface area contributed by atoms with Crippen molar-refractivity contribution in [2.24, 2.45) is 0 Å². The van der Waals surface area contributed by atoms with Crippen molar-refractivity contribution in [2.75, 3.05) is 44.2 Å². The molecule has 0 saturated carbocycles. The number of ether oxygens (including phenoxy) is 1. The maximum atomic E-state index is 10.3. The van der Waals surface area contributed by atoms with Gasteiger partial charge in [-0.2, -0.15) is 5.26 Å². The molecule has 1 saturated heterocycles. The van der Waals surface area contributed by atoms with Gasteiger partial charge in [-0.15, -0.1) is 0 Å². The van der Waals surface area contributed by atoms with Crippen LogP contribution in [-0.4, -0.2) is 53.6 Å². The molecule has 6 aromatic rings. The van der Waals surface area contributed by atoms with Crippen LogP contribution in [0, 0.1) is 18.3 Å². The van der Waals surface area contributed by atoms with Crippen molar-refractivity contribution in [2.45, 2.75) is 19.4 Å². The normalized spacial score (nSPS) is 13.9. The lowest BCUT2D eigenvalue weighted by Crippen LogP contribution is -2.48. The molecule has 1 fully saturated rings. The van der Waals surface area contributed by atoms with Crippen LogP contribution >= 0.6 is 11.6 Å². The van der Waals surface area contributed by atoms with E-state index in [2.05, 4.69) is 93.9 Å². The first kappa shape index (κ1) is 30.0. The van der Waals surface area contributed by atoms with Gasteiger partial charge in [-0.3, -0.25) is 9.30 Å². The smallest absolute Gasteiger partial charge is 0.157 e. The van der Waals surface area contributed by atoms with Crippen molar-refractivity contribution >= 4 is 34.1 Å². The van der Waals surface area contributed by atoms with Crippen LogP contribution in [0.25, 0.3) is 16.7 Å². The summed E-state index contributed by atoms with van der Waals surface area (Å²) in [4.78, 5) is 9.92. The van der Waals surface area contributed by atoms with E-state index in [0.29, 0.717) is 23.6 Å². The number of pyridine rings is 1. The van der Waals surface area contributed by atoms with Crippen LogP contribution in [0.3, 0.4) is 0 Å². The number of rotatable bonds is 9. The van der Waals surface area contributed by atoms with Gasteiger partial charge in [0.1, 0.15) is 18.0 Å². The monoisotopic (exact) mass is 625 g/mol. The van der Waals surface area contributed by atoms with E-state index < -0.39 is 0 Å². The first-order chi connectivity index (χ1) is 22.6. The van der Waals surface area contributed by atoms with Crippen LogP contribution in [0.2, 0.25) is 5.02 Å². The minimum Gasteiger partial charge on any atom is -0.367 e. The number of fused-ring (bicyclic) bond motifs is 3. The highest BCUT2D eigenvalue weighted by atomic mass is 35.5. The van der Waals surface area contributed by atoms with E-state index >= 15 is 0 Å². The number of anilines is 1. The second-order valence-electron chi connectivity index (χ2n) is 11.9. The molecule has 2 aromatic heterocycles. The van der Waals surface area contributed by atoms with E-state index in [-0.39, 0.29) is 6.10 Å². The minimum absolute atomic E-state index is 0.0939. The highest BCUT2D eigenvalue weighted by Crippen LogP contribution is 2.35. The molecule has 0 bridgehead atoms. The van der Waals surface area contributed by atoms with Crippen molar-refractivity contribution < 1.29 is 4.74 Å². The number of piperazine rings is 1. The Morgan fingerprint density at radius 1 is 0.826 bits per heavy atom. The fourth-order valence-electron chi connectivity index (χ4n) is 6.64. The maximum Gasteiger partial charge on any atom is 0.157 e. The summed E-state index contributed by atoms with van der Waals surface area (Å²) in [5.41, 5.74) is 8.89. The highest BCUT2D eigenvalue weighted by molar-refractivity contribution is 6.30. The number of nitriles is 1. The molecular weight excluding hydrogens is 590 g/mol. The van der Waals surface area contributed by atoms with E-state index in [1.807, 2.05) is 42.5 Å². The van der Waals surface area contributed by atoms with Gasteiger partial charge in [0.2, 0.25) is 0 Å². The average molecular weight is 626 g/mol. The third kappa shape index (κ3) is 5.98. The first-order valence-corrected chi connectivity index (χ1v) is 16.2. The molecule has 0 N–H and O–H groups in total. The Morgan fingerprint density at radius 3 is 2.11 bits per heavy atom. The van der Waals surface area contributed by atoms with Crippen LogP contribution in [-0.2, 0) is 11.2 Å². The van der Waals surface area contributed by atoms with Gasteiger partial charge in [-0.25, -0.2) is 4.98 Å². The van der Waals surface area contributed by atoms with Crippen LogP contribution in [0.4, 0.5) is 5.82 Å². The Morgan fingerprint density at radius 2 is 1.46 bits per heavy atom. The third-order valence-corrected chi connectivity index (χ3v) is 9.32. The van der Waals surface area contributed by atoms with Crippen molar-refractivity contribution in [3.8, 4) is 6.07 Å². The summed E-state index contributed by atoms with van der Waals surface area (Å²) in [6.07, 6.45) is 0.604. The summed E-state index contributed by atoms with van der Waals surface area (Å²) in [5, 5.41) is 11.0. The fraction of sp³-hybridized carbons (Fsp3) is 0.231. The number of hydrogen-bond acceptors (Lipinski definition) is 5. The fourth-order valence-corrected chi connectivity index (χ4v) is 6.76. The molecule has 1 aliphatic rings. The molecule has 0 amide bonds. The van der Waals surface area contributed by atoms with E-state index in [1.54, 1.807) is 0 Å². The molecule has 46 heavy (non-hydrogen) atoms. The van der Waals surface area contributed by atoms with Crippen LogP contribution in [0.15, 0.2) is 109 Å². The summed E-state index contributed by atoms with van der Waals surface area (Å²) in [5.74, 6) is 1.12. The molecule has 3 heterocycles. The van der Waals surface area contributed by atoms with E-state index in [0.717, 1.165) is 71.9 Å². The Kier molecular flexibility index (Phi) is 8.72. The van der Waals surface area contributed by atoms with Crippen LogP contribution < -0.4 is 4.90 Å². The van der Waals surface area contributed by atoms with Crippen LogP contribution in [0.1, 0.15) is 39.5 Å². The molecule has 6 nitrogen and oxygen atoms in total. The van der Waals surface area contributed by atoms with Gasteiger partial charge in [0, 0.05) is 49.7 Å². The van der Waals surface area contributed by atoms with Crippen molar-refractivity contribution in [3.05, 3.63) is 148 Å². The molecule has 7 rings (SSSR count). The van der Waals surface area contributed by atoms with Crippen molar-refractivity contribution in [3.63, 3.8) is 0 Å². The average Bonchev–Trinajstić information content (AvgIpc) is 3.48. The summed E-state index contributed by atoms with van der Waals surface area (Å²) in [6.45, 7) is 7.12. The molecule has 0 radical (unpaired) electrons. The second kappa shape index (κ2) is 13.4. The van der Waals surface area contributed by atoms with E-state index in [1.165, 1.54) is 11.1 Å². The molecule has 230 valence electrons. The Bertz CT molecular complexity index is 1950. The van der Waals surface area contributed by atoms with Gasteiger partial charge in [0.25, 0.3) is 0 Å². The molecule has 0 atom stereocenters. The molecule has 4 aromatic carbocycles. The van der Waals surface area contributed by atoms with Crippen molar-refractivity contribution in [1.82, 2.24) is 14.3 Å². The Balaban J connectivity index is 1.15. The van der Waals surface area contributed by atoms with Crippen molar-refractivity contribution in [1.29, 1.82) is 5.26 Å². The molecular formula is C39H36ClN5O. The third-order valence-electron chi connectivity index (χ3n) is 9.07. The topological polar surface area (TPSA) is 56.8 Å². The van der Waals surface area contributed by atoms with Gasteiger partial charge in [0.15, 0.2) is 5.65 Å². The zero-order chi connectivity index (χ0) is 31.5. The lowest BCUT2D eigenvalue weighted by Gasteiger charge is -2.38. The number of nitrogens with zero attached hydrogens (tertiary/aromatic N) is 5. The summed E-state index contributed by atoms with van der Waals surface area (Å²) >= 11 is 6.23. The molecule has 7 heteroatoms. The lowest BCUT2D eigenvalue weighted by atomic mass is 9.97. The van der Waals surface area contributed by atoms with E-state index in [9.17, 15) is 5.26 Å². The predicted octanol–water partition coefficient (Wildman–Crippen LogP) is 7.84. The van der Waals surface area contributed by atoms with Gasteiger partial charge in [-0.1, -0.05) is 96.5 Å². The lowest BCUT2D eigenvalue weighted by molar-refractivity contribution is 0.0586. The maximum absolute atomic E-state index is 10.3. The number of hydrogen-bond donors (Lipinski definition) is 0. The zero-order valence-corrected chi connectivity index (χ0v) is 26.7. The predicted molar refractivity (Wildman–Crippen MR) is 186 cm³/mol. The number of benzene rings is 4. The zero-order valence-electron chi connectivity index (χ0n) is 25.9. The molecule has 0 unspecified atom stereocenters. The summed E-state index contributed by atoms with van der Waals surface area (Å²) in [6, 6.07) is 39.6. The molecule has 0 spiro atoms. The largest absolute Gasteiger partial charge is 0.367 e. The standard InChI is InChI=1S/C39H36ClN5O/c1-28-33(26-29-16-18-32(40)19-17-29)39(45-36-15-9-8-14-35(36)42-38(45)34(28)27-41)44-22-20-43(21-23-44)24-25-46-37(30-10-4-2-5-11-30)31-12-6-3-7-13-31/h2-19,37H,20-26H2,1H3. The number of aromatic nitrogens is 2. The van der Waals surface area contributed by atoms with Gasteiger partial charge in [0.05, 0.1) is 23.2 Å². The highest BCUT2D eigenvalue weighted by Gasteiger charge is 2.27. The van der Waals surface area contributed by atoms with Gasteiger partial charge >= 0.3 is 0 Å².